The van der Waals surface area contributed by atoms with Crippen LogP contribution >= 0.6 is 0 Å². The van der Waals surface area contributed by atoms with Crippen molar-refractivity contribution in [3.63, 3.8) is 0 Å². The Morgan fingerprint density at radius 1 is 1.31 bits per heavy atom. The summed E-state index contributed by atoms with van der Waals surface area (Å²) >= 11 is 0. The Bertz CT molecular complexity index is 265. The van der Waals surface area contributed by atoms with Crippen LogP contribution in [0, 0.1) is 0 Å². The number of hydrogen-bond acceptors (Lipinski definition) is 2. The minimum Gasteiger partial charge on any atom is -0.393 e. The first kappa shape index (κ1) is 8.73. The second kappa shape index (κ2) is 3.48. The Kier molecular flexibility index (Phi) is 2.34. The molecular weight excluding hydrogens is 164 g/mol. The van der Waals surface area contributed by atoms with Crippen molar-refractivity contribution in [2.24, 2.45) is 0 Å². The summed E-state index contributed by atoms with van der Waals surface area (Å²) in [5.74, 6) is 0. The van der Waals surface area contributed by atoms with E-state index in [1.807, 2.05) is 18.2 Å². The van der Waals surface area contributed by atoms with E-state index >= 15 is 0 Å². The van der Waals surface area contributed by atoms with Crippen LogP contribution in [-0.2, 0) is 11.2 Å². The van der Waals surface area contributed by atoms with Crippen LogP contribution in [0.5, 0.6) is 0 Å². The number of benzene rings is 1. The Morgan fingerprint density at radius 3 is 2.54 bits per heavy atom. The molecule has 1 atom stereocenters. The van der Waals surface area contributed by atoms with Gasteiger partial charge in [-0.1, -0.05) is 30.3 Å². The smallest absolute Gasteiger partial charge is 0.115 e. The molecule has 13 heavy (non-hydrogen) atoms. The largest absolute Gasteiger partial charge is 0.393 e. The van der Waals surface area contributed by atoms with E-state index in [0.717, 1.165) is 19.4 Å². The van der Waals surface area contributed by atoms with Gasteiger partial charge in [0.2, 0.25) is 0 Å². The zero-order valence-corrected chi connectivity index (χ0v) is 7.57. The molecule has 70 valence electrons. The molecule has 0 bridgehead atoms. The fourth-order valence-corrected chi connectivity index (χ4v) is 1.43. The van der Waals surface area contributed by atoms with Gasteiger partial charge in [0, 0.05) is 0 Å². The number of hydrogen-bond donors (Lipinski definition) is 1. The van der Waals surface area contributed by atoms with Gasteiger partial charge in [0.25, 0.3) is 0 Å². The molecule has 2 heteroatoms. The predicted molar refractivity (Wildman–Crippen MR) is 50.5 cm³/mol. The molecule has 1 saturated heterocycles. The van der Waals surface area contributed by atoms with E-state index in [9.17, 15) is 0 Å². The first-order valence-corrected chi connectivity index (χ1v) is 4.63. The van der Waals surface area contributed by atoms with E-state index in [4.69, 9.17) is 9.84 Å². The van der Waals surface area contributed by atoms with Gasteiger partial charge in [-0.15, -0.1) is 0 Å². The third-order valence-electron chi connectivity index (χ3n) is 2.55. The van der Waals surface area contributed by atoms with Crippen molar-refractivity contribution in [2.45, 2.75) is 18.4 Å². The molecule has 1 N–H and O–H groups in total. The molecule has 0 aromatic heterocycles. The Labute approximate surface area is 78.2 Å². The van der Waals surface area contributed by atoms with Crippen molar-refractivity contribution >= 4 is 0 Å². The number of epoxide rings is 1. The van der Waals surface area contributed by atoms with Crippen LogP contribution in [0.2, 0.25) is 0 Å². The topological polar surface area (TPSA) is 32.8 Å². The second-order valence-electron chi connectivity index (χ2n) is 3.62. The van der Waals surface area contributed by atoms with E-state index in [2.05, 4.69) is 12.1 Å². The van der Waals surface area contributed by atoms with Crippen molar-refractivity contribution in [1.82, 2.24) is 0 Å². The first-order chi connectivity index (χ1) is 6.35. The molecule has 2 rings (SSSR count). The van der Waals surface area contributed by atoms with E-state index in [1.165, 1.54) is 5.56 Å². The normalized spacial score (nSPS) is 25.9. The molecule has 0 radical (unpaired) electrons. The van der Waals surface area contributed by atoms with Crippen molar-refractivity contribution in [3.8, 4) is 0 Å². The highest BCUT2D eigenvalue weighted by Gasteiger charge is 2.43. The van der Waals surface area contributed by atoms with Gasteiger partial charge in [-0.25, -0.2) is 0 Å². The standard InChI is InChI=1S/C11H14O2/c12-8-11(9-13-11)7-6-10-4-2-1-3-5-10/h1-5,12H,6-9H2/t11-/m1/s1. The third-order valence-corrected chi connectivity index (χ3v) is 2.55. The molecule has 1 heterocycles. The summed E-state index contributed by atoms with van der Waals surface area (Å²) in [6.45, 7) is 0.871. The highest BCUT2D eigenvalue weighted by Crippen LogP contribution is 2.31. The number of aliphatic hydroxyl groups is 1. The van der Waals surface area contributed by atoms with Crippen LogP contribution in [0.15, 0.2) is 30.3 Å². The molecule has 0 aliphatic carbocycles. The van der Waals surface area contributed by atoms with Crippen molar-refractivity contribution in [1.29, 1.82) is 0 Å². The molecule has 2 nitrogen and oxygen atoms in total. The zero-order valence-electron chi connectivity index (χ0n) is 7.57. The molecular formula is C11H14O2. The fourth-order valence-electron chi connectivity index (χ4n) is 1.43. The third kappa shape index (κ3) is 2.08. The summed E-state index contributed by atoms with van der Waals surface area (Å²) < 4.78 is 5.22. The molecule has 0 spiro atoms. The molecule has 1 fully saturated rings. The Balaban J connectivity index is 1.86. The van der Waals surface area contributed by atoms with E-state index < -0.39 is 0 Å². The molecule has 1 aliphatic rings. The maximum atomic E-state index is 9.01. The maximum Gasteiger partial charge on any atom is 0.115 e. The first-order valence-electron chi connectivity index (χ1n) is 4.63. The van der Waals surface area contributed by atoms with Crippen LogP contribution in [0.3, 0.4) is 0 Å². The highest BCUT2D eigenvalue weighted by atomic mass is 16.6. The number of aliphatic hydroxyl groups excluding tert-OH is 1. The minimum absolute atomic E-state index is 0.153. The lowest BCUT2D eigenvalue weighted by Gasteiger charge is -2.07. The lowest BCUT2D eigenvalue weighted by atomic mass is 10.0. The minimum atomic E-state index is -0.199. The Hall–Kier alpha value is -0.860. The monoisotopic (exact) mass is 178 g/mol. The van der Waals surface area contributed by atoms with Gasteiger partial charge in [-0.05, 0) is 18.4 Å². The lowest BCUT2D eigenvalue weighted by molar-refractivity contribution is 0.164. The van der Waals surface area contributed by atoms with Gasteiger partial charge in [0.05, 0.1) is 13.2 Å². The van der Waals surface area contributed by atoms with E-state index in [-0.39, 0.29) is 12.2 Å². The average molecular weight is 178 g/mol. The maximum absolute atomic E-state index is 9.01. The molecule has 0 unspecified atom stereocenters. The van der Waals surface area contributed by atoms with Crippen LogP contribution in [-0.4, -0.2) is 23.9 Å². The molecule has 1 aromatic carbocycles. The number of aryl methyl sites for hydroxylation is 1. The van der Waals surface area contributed by atoms with Crippen LogP contribution in [0.25, 0.3) is 0 Å². The van der Waals surface area contributed by atoms with Gasteiger partial charge >= 0.3 is 0 Å². The van der Waals surface area contributed by atoms with Crippen LogP contribution in [0.1, 0.15) is 12.0 Å². The molecule has 1 aromatic rings. The summed E-state index contributed by atoms with van der Waals surface area (Å²) in [7, 11) is 0. The van der Waals surface area contributed by atoms with Crippen molar-refractivity contribution < 1.29 is 9.84 Å². The lowest BCUT2D eigenvalue weighted by Crippen LogP contribution is -2.17. The van der Waals surface area contributed by atoms with E-state index in [0.29, 0.717) is 0 Å². The number of ether oxygens (including phenoxy) is 1. The number of rotatable bonds is 4. The summed E-state index contributed by atoms with van der Waals surface area (Å²) in [4.78, 5) is 0. The molecule has 0 amide bonds. The van der Waals surface area contributed by atoms with Crippen LogP contribution < -0.4 is 0 Å². The fraction of sp³-hybridized carbons (Fsp3) is 0.455. The van der Waals surface area contributed by atoms with Gasteiger partial charge in [-0.2, -0.15) is 0 Å². The predicted octanol–water partition coefficient (Wildman–Crippen LogP) is 1.38. The Morgan fingerprint density at radius 2 is 2.00 bits per heavy atom. The summed E-state index contributed by atoms with van der Waals surface area (Å²) in [6, 6.07) is 10.3. The zero-order chi connectivity index (χ0) is 9.15. The van der Waals surface area contributed by atoms with Gasteiger partial charge in [0.1, 0.15) is 5.60 Å². The summed E-state index contributed by atoms with van der Waals surface area (Å²) in [5.41, 5.74) is 1.11. The van der Waals surface area contributed by atoms with Gasteiger partial charge in [-0.3, -0.25) is 0 Å². The van der Waals surface area contributed by atoms with Gasteiger partial charge in [0.15, 0.2) is 0 Å². The summed E-state index contributed by atoms with van der Waals surface area (Å²) in [5, 5.41) is 9.01. The quantitative estimate of drug-likeness (QED) is 0.706. The highest BCUT2D eigenvalue weighted by molar-refractivity contribution is 5.15. The summed E-state index contributed by atoms with van der Waals surface area (Å²) in [6.07, 6.45) is 1.91. The van der Waals surface area contributed by atoms with E-state index in [1.54, 1.807) is 0 Å². The molecule has 1 aliphatic heterocycles. The molecule has 0 saturated carbocycles. The van der Waals surface area contributed by atoms with Crippen molar-refractivity contribution in [3.05, 3.63) is 35.9 Å². The van der Waals surface area contributed by atoms with Crippen molar-refractivity contribution in [2.75, 3.05) is 13.2 Å². The average Bonchev–Trinajstić information content (AvgIpc) is 2.97. The second-order valence-corrected chi connectivity index (χ2v) is 3.62. The van der Waals surface area contributed by atoms with Gasteiger partial charge < -0.3 is 9.84 Å². The van der Waals surface area contributed by atoms with Crippen LogP contribution in [0.4, 0.5) is 0 Å². The SMILES string of the molecule is OC[C@]1(CCc2ccccc2)CO1.